The minimum Gasteiger partial charge on any atom is -0.383 e. The Morgan fingerprint density at radius 3 is 2.44 bits per heavy atom. The van der Waals surface area contributed by atoms with Crippen LogP contribution in [0.2, 0.25) is 0 Å². The number of hydrogen-bond acceptors (Lipinski definition) is 6. The first-order valence-corrected chi connectivity index (χ1v) is 9.84. The standard InChI is InChI=1S/C18H24N4O4S/c1-18(2,3)17-19-11-14(12-20-17)22-16(23)13-6-5-7-15(10-13)27(24,25)21-8-9-26-4/h5-7,10-12,21H,8-9H2,1-4H3,(H,22,23). The normalized spacial score (nSPS) is 12.0. The molecular weight excluding hydrogens is 368 g/mol. The summed E-state index contributed by atoms with van der Waals surface area (Å²) in [6.07, 6.45) is 3.05. The molecule has 1 aromatic heterocycles. The molecule has 0 bridgehead atoms. The van der Waals surface area contributed by atoms with Gasteiger partial charge in [0.1, 0.15) is 5.82 Å². The lowest BCUT2D eigenvalue weighted by Crippen LogP contribution is -2.27. The quantitative estimate of drug-likeness (QED) is 0.697. The third-order valence-electron chi connectivity index (χ3n) is 3.59. The Kier molecular flexibility index (Phi) is 6.63. The van der Waals surface area contributed by atoms with Gasteiger partial charge in [-0.1, -0.05) is 26.8 Å². The van der Waals surface area contributed by atoms with Crippen molar-refractivity contribution in [3.05, 3.63) is 48.0 Å². The van der Waals surface area contributed by atoms with Crippen molar-refractivity contribution in [1.82, 2.24) is 14.7 Å². The summed E-state index contributed by atoms with van der Waals surface area (Å²) in [6, 6.07) is 5.79. The molecule has 27 heavy (non-hydrogen) atoms. The van der Waals surface area contributed by atoms with Gasteiger partial charge in [-0.2, -0.15) is 0 Å². The van der Waals surface area contributed by atoms with Gasteiger partial charge in [-0.25, -0.2) is 23.1 Å². The topological polar surface area (TPSA) is 110 Å². The Hall–Kier alpha value is -2.36. The highest BCUT2D eigenvalue weighted by Gasteiger charge is 2.18. The fraction of sp³-hybridized carbons (Fsp3) is 0.389. The number of carbonyl (C=O) groups excluding carboxylic acids is 1. The predicted molar refractivity (Wildman–Crippen MR) is 102 cm³/mol. The van der Waals surface area contributed by atoms with E-state index in [9.17, 15) is 13.2 Å². The van der Waals surface area contributed by atoms with Gasteiger partial charge in [-0.05, 0) is 18.2 Å². The van der Waals surface area contributed by atoms with Crippen LogP contribution in [0.5, 0.6) is 0 Å². The molecule has 0 aliphatic carbocycles. The van der Waals surface area contributed by atoms with Crippen molar-refractivity contribution < 1.29 is 17.9 Å². The number of ether oxygens (including phenoxy) is 1. The van der Waals surface area contributed by atoms with Crippen LogP contribution in [0.4, 0.5) is 5.69 Å². The number of hydrogen-bond donors (Lipinski definition) is 2. The third kappa shape index (κ3) is 5.81. The van der Waals surface area contributed by atoms with Crippen LogP contribution in [-0.2, 0) is 20.2 Å². The smallest absolute Gasteiger partial charge is 0.255 e. The molecule has 0 aliphatic rings. The maximum Gasteiger partial charge on any atom is 0.255 e. The van der Waals surface area contributed by atoms with Crippen LogP contribution < -0.4 is 10.0 Å². The molecule has 0 saturated carbocycles. The van der Waals surface area contributed by atoms with Crippen LogP contribution in [0.15, 0.2) is 41.6 Å². The van der Waals surface area contributed by atoms with Gasteiger partial charge >= 0.3 is 0 Å². The summed E-state index contributed by atoms with van der Waals surface area (Å²) in [6.45, 7) is 6.38. The first-order chi connectivity index (χ1) is 12.6. The highest BCUT2D eigenvalue weighted by molar-refractivity contribution is 7.89. The number of nitrogens with one attached hydrogen (secondary N) is 2. The van der Waals surface area contributed by atoms with Crippen LogP contribution in [0.1, 0.15) is 37.0 Å². The van der Waals surface area contributed by atoms with Gasteiger partial charge in [0.25, 0.3) is 5.91 Å². The molecule has 1 aromatic carbocycles. The summed E-state index contributed by atoms with van der Waals surface area (Å²) < 4.78 is 31.7. The lowest BCUT2D eigenvalue weighted by molar-refractivity contribution is 0.102. The molecule has 2 aromatic rings. The van der Waals surface area contributed by atoms with E-state index in [4.69, 9.17) is 4.74 Å². The van der Waals surface area contributed by atoms with E-state index in [0.29, 0.717) is 11.5 Å². The number of anilines is 1. The summed E-state index contributed by atoms with van der Waals surface area (Å²) in [7, 11) is -2.23. The molecule has 1 heterocycles. The molecule has 1 amide bonds. The SMILES string of the molecule is COCCNS(=O)(=O)c1cccc(C(=O)Nc2cnc(C(C)(C)C)nc2)c1. The van der Waals surface area contributed by atoms with E-state index >= 15 is 0 Å². The van der Waals surface area contributed by atoms with Gasteiger partial charge in [0.2, 0.25) is 10.0 Å². The maximum atomic E-state index is 12.4. The number of benzene rings is 1. The van der Waals surface area contributed by atoms with Gasteiger partial charge in [0, 0.05) is 24.6 Å². The van der Waals surface area contributed by atoms with Crippen molar-refractivity contribution in [2.45, 2.75) is 31.1 Å². The zero-order valence-corrected chi connectivity index (χ0v) is 16.6. The monoisotopic (exact) mass is 392 g/mol. The van der Waals surface area contributed by atoms with Crippen molar-refractivity contribution >= 4 is 21.6 Å². The fourth-order valence-corrected chi connectivity index (χ4v) is 3.21. The minimum atomic E-state index is -3.72. The predicted octanol–water partition coefficient (Wildman–Crippen LogP) is 1.95. The number of rotatable bonds is 7. The molecule has 0 unspecified atom stereocenters. The summed E-state index contributed by atoms with van der Waals surface area (Å²) in [5.41, 5.74) is 0.449. The second kappa shape index (κ2) is 8.55. The van der Waals surface area contributed by atoms with Gasteiger partial charge < -0.3 is 10.1 Å². The average molecular weight is 392 g/mol. The van der Waals surface area contributed by atoms with Gasteiger partial charge in [-0.3, -0.25) is 4.79 Å². The molecule has 0 aliphatic heterocycles. The molecule has 9 heteroatoms. The molecule has 0 atom stereocenters. The van der Waals surface area contributed by atoms with E-state index in [1.54, 1.807) is 0 Å². The largest absolute Gasteiger partial charge is 0.383 e. The zero-order chi connectivity index (χ0) is 20.1. The molecule has 8 nitrogen and oxygen atoms in total. The van der Waals surface area contributed by atoms with E-state index in [2.05, 4.69) is 20.0 Å². The van der Waals surface area contributed by atoms with Crippen LogP contribution in [0, 0.1) is 0 Å². The molecule has 0 radical (unpaired) electrons. The van der Waals surface area contributed by atoms with Gasteiger partial charge in [0.05, 0.1) is 29.6 Å². The fourth-order valence-electron chi connectivity index (χ4n) is 2.15. The molecule has 0 spiro atoms. The Morgan fingerprint density at radius 1 is 1.19 bits per heavy atom. The first-order valence-electron chi connectivity index (χ1n) is 8.36. The first kappa shape index (κ1) is 20.9. The van der Waals surface area contributed by atoms with Crippen LogP contribution in [0.25, 0.3) is 0 Å². The second-order valence-electron chi connectivity index (χ2n) is 6.92. The van der Waals surface area contributed by atoms with Crippen LogP contribution >= 0.6 is 0 Å². The molecule has 2 rings (SSSR count). The third-order valence-corrected chi connectivity index (χ3v) is 5.04. The summed E-state index contributed by atoms with van der Waals surface area (Å²) >= 11 is 0. The van der Waals surface area contributed by atoms with Crippen molar-refractivity contribution in [2.75, 3.05) is 25.6 Å². The lowest BCUT2D eigenvalue weighted by Gasteiger charge is -2.16. The minimum absolute atomic E-state index is 0.00517. The summed E-state index contributed by atoms with van der Waals surface area (Å²) in [5.74, 6) is 0.215. The highest BCUT2D eigenvalue weighted by atomic mass is 32.2. The Morgan fingerprint density at radius 2 is 1.85 bits per heavy atom. The molecule has 0 fully saturated rings. The van der Waals surface area contributed by atoms with Crippen LogP contribution in [0.3, 0.4) is 0 Å². The van der Waals surface area contributed by atoms with E-state index in [-0.39, 0.29) is 29.0 Å². The summed E-state index contributed by atoms with van der Waals surface area (Å²) in [4.78, 5) is 20.9. The van der Waals surface area contributed by atoms with E-state index in [1.807, 2.05) is 20.8 Å². The number of nitrogens with zero attached hydrogens (tertiary/aromatic N) is 2. The Bertz CT molecular complexity index is 890. The van der Waals surface area contributed by atoms with Crippen LogP contribution in [-0.4, -0.2) is 44.6 Å². The molecule has 146 valence electrons. The summed E-state index contributed by atoms with van der Waals surface area (Å²) in [5, 5.41) is 2.67. The number of carbonyl (C=O) groups is 1. The van der Waals surface area contributed by atoms with Crippen molar-refractivity contribution in [3.8, 4) is 0 Å². The van der Waals surface area contributed by atoms with Crippen molar-refractivity contribution in [3.63, 3.8) is 0 Å². The maximum absolute atomic E-state index is 12.4. The number of aromatic nitrogens is 2. The molecule has 0 saturated heterocycles. The number of amides is 1. The average Bonchev–Trinajstić information content (AvgIpc) is 2.61. The van der Waals surface area contributed by atoms with Crippen molar-refractivity contribution in [2.24, 2.45) is 0 Å². The van der Waals surface area contributed by atoms with Gasteiger partial charge in [-0.15, -0.1) is 0 Å². The molecular formula is C18H24N4O4S. The Balaban J connectivity index is 2.13. The van der Waals surface area contributed by atoms with E-state index < -0.39 is 15.9 Å². The number of sulfonamides is 1. The van der Waals surface area contributed by atoms with Gasteiger partial charge in [0.15, 0.2) is 0 Å². The number of methoxy groups -OCH3 is 1. The van der Waals surface area contributed by atoms with E-state index in [1.165, 1.54) is 43.8 Å². The van der Waals surface area contributed by atoms with Crippen molar-refractivity contribution in [1.29, 1.82) is 0 Å². The zero-order valence-electron chi connectivity index (χ0n) is 15.8. The Labute approximate surface area is 159 Å². The second-order valence-corrected chi connectivity index (χ2v) is 8.68. The highest BCUT2D eigenvalue weighted by Crippen LogP contribution is 2.19. The lowest BCUT2D eigenvalue weighted by atomic mass is 9.96. The van der Waals surface area contributed by atoms with E-state index in [0.717, 1.165) is 0 Å². The molecule has 2 N–H and O–H groups in total.